The highest BCUT2D eigenvalue weighted by Gasteiger charge is 2.08. The normalized spacial score (nSPS) is 10.9. The molecule has 0 radical (unpaired) electrons. The van der Waals surface area contributed by atoms with Crippen LogP contribution in [0.5, 0.6) is 0 Å². The lowest BCUT2D eigenvalue weighted by molar-refractivity contribution is 1.05. The Morgan fingerprint density at radius 1 is 1.39 bits per heavy atom. The average molecular weight is 277 g/mol. The molecular formula is C11H11N5S2. The van der Waals surface area contributed by atoms with E-state index in [2.05, 4.69) is 24.9 Å². The summed E-state index contributed by atoms with van der Waals surface area (Å²) in [6, 6.07) is 8.01. The average Bonchev–Trinajstić information content (AvgIpc) is 3.01. The predicted molar refractivity (Wildman–Crippen MR) is 75.1 cm³/mol. The van der Waals surface area contributed by atoms with Crippen molar-refractivity contribution < 1.29 is 0 Å². The number of rotatable bonds is 4. The maximum absolute atomic E-state index is 4.51. The van der Waals surface area contributed by atoms with Crippen LogP contribution in [0.2, 0.25) is 0 Å². The topological polar surface area (TPSA) is 66.5 Å². The van der Waals surface area contributed by atoms with Crippen molar-refractivity contribution in [1.29, 1.82) is 0 Å². The second-order valence-corrected chi connectivity index (χ2v) is 5.36. The summed E-state index contributed by atoms with van der Waals surface area (Å²) in [5.74, 6) is 0.756. The molecule has 1 aromatic carbocycles. The Balaban J connectivity index is 1.77. The van der Waals surface area contributed by atoms with Gasteiger partial charge in [-0.1, -0.05) is 28.4 Å². The molecule has 2 N–H and O–H groups in total. The fourth-order valence-corrected chi connectivity index (χ4v) is 3.07. The molecule has 0 spiro atoms. The third-order valence-corrected chi connectivity index (χ3v) is 4.17. The number of aromatic amines is 1. The minimum absolute atomic E-state index is 0.756. The third kappa shape index (κ3) is 2.19. The lowest BCUT2D eigenvalue weighted by atomic mass is 10.3. The molecule has 3 aromatic rings. The highest BCUT2D eigenvalue weighted by Crippen LogP contribution is 2.26. The van der Waals surface area contributed by atoms with Gasteiger partial charge >= 0.3 is 0 Å². The summed E-state index contributed by atoms with van der Waals surface area (Å²) in [5, 5.41) is 9.11. The maximum Gasteiger partial charge on any atom is 0.166 e. The van der Waals surface area contributed by atoms with Crippen molar-refractivity contribution in [3.63, 3.8) is 0 Å². The third-order valence-electron chi connectivity index (χ3n) is 2.50. The number of anilines is 1. The van der Waals surface area contributed by atoms with Crippen LogP contribution in [0.4, 0.5) is 5.00 Å². The van der Waals surface area contributed by atoms with Gasteiger partial charge in [-0.15, -0.1) is 5.10 Å². The van der Waals surface area contributed by atoms with Gasteiger partial charge in [0.15, 0.2) is 5.16 Å². The second-order valence-electron chi connectivity index (χ2n) is 3.65. The van der Waals surface area contributed by atoms with Crippen LogP contribution in [-0.4, -0.2) is 26.6 Å². The maximum atomic E-state index is 4.51. The molecule has 0 saturated heterocycles. The fourth-order valence-electron chi connectivity index (χ4n) is 1.63. The molecular weight excluding hydrogens is 266 g/mol. The number of para-hydroxylation sites is 2. The highest BCUT2D eigenvalue weighted by atomic mass is 32.2. The summed E-state index contributed by atoms with van der Waals surface area (Å²) in [5.41, 5.74) is 3.02. The summed E-state index contributed by atoms with van der Waals surface area (Å²) in [7, 11) is 1.88. The number of thioether (sulfide) groups is 1. The molecule has 0 saturated carbocycles. The number of nitrogens with one attached hydrogen (secondary N) is 2. The van der Waals surface area contributed by atoms with E-state index in [9.17, 15) is 0 Å². The van der Waals surface area contributed by atoms with E-state index in [4.69, 9.17) is 0 Å². The van der Waals surface area contributed by atoms with Crippen molar-refractivity contribution in [2.24, 2.45) is 0 Å². The van der Waals surface area contributed by atoms with E-state index in [1.165, 1.54) is 11.5 Å². The number of H-pyrrole nitrogens is 1. The minimum Gasteiger partial charge on any atom is -0.377 e. The van der Waals surface area contributed by atoms with E-state index in [-0.39, 0.29) is 0 Å². The molecule has 2 heterocycles. The number of imidazole rings is 1. The highest BCUT2D eigenvalue weighted by molar-refractivity contribution is 7.98. The Hall–Kier alpha value is -1.60. The Kier molecular flexibility index (Phi) is 3.16. The van der Waals surface area contributed by atoms with Gasteiger partial charge < -0.3 is 10.3 Å². The van der Waals surface area contributed by atoms with E-state index < -0.39 is 0 Å². The van der Waals surface area contributed by atoms with E-state index in [1.54, 1.807) is 11.8 Å². The molecule has 2 aromatic heterocycles. The van der Waals surface area contributed by atoms with E-state index in [0.29, 0.717) is 0 Å². The van der Waals surface area contributed by atoms with E-state index in [1.807, 2.05) is 31.3 Å². The van der Waals surface area contributed by atoms with Crippen LogP contribution in [0.1, 0.15) is 5.69 Å². The van der Waals surface area contributed by atoms with Gasteiger partial charge in [0.2, 0.25) is 0 Å². The first kappa shape index (κ1) is 11.5. The molecule has 0 aliphatic carbocycles. The van der Waals surface area contributed by atoms with Crippen LogP contribution in [0.25, 0.3) is 11.0 Å². The molecule has 0 aliphatic rings. The monoisotopic (exact) mass is 277 g/mol. The van der Waals surface area contributed by atoms with Gasteiger partial charge in [0.1, 0.15) is 10.7 Å². The fraction of sp³-hybridized carbons (Fsp3) is 0.182. The summed E-state index contributed by atoms with van der Waals surface area (Å²) >= 11 is 3.00. The Bertz CT molecular complexity index is 627. The molecule has 0 fully saturated rings. The first-order valence-electron chi connectivity index (χ1n) is 5.43. The lowest BCUT2D eigenvalue weighted by Crippen LogP contribution is -1.90. The Labute approximate surface area is 112 Å². The molecule has 92 valence electrons. The van der Waals surface area contributed by atoms with Crippen LogP contribution >= 0.6 is 23.3 Å². The van der Waals surface area contributed by atoms with Gasteiger partial charge in [-0.05, 0) is 12.1 Å². The largest absolute Gasteiger partial charge is 0.377 e. The number of benzene rings is 1. The van der Waals surface area contributed by atoms with Gasteiger partial charge in [0.05, 0.1) is 11.0 Å². The van der Waals surface area contributed by atoms with Crippen LogP contribution in [0.3, 0.4) is 0 Å². The summed E-state index contributed by atoms with van der Waals surface area (Å²) in [6.45, 7) is 0. The van der Waals surface area contributed by atoms with Crippen LogP contribution in [0, 0.1) is 0 Å². The lowest BCUT2D eigenvalue weighted by Gasteiger charge is -1.97. The zero-order valence-electron chi connectivity index (χ0n) is 9.67. The molecule has 0 amide bonds. The number of hydrogen-bond donors (Lipinski definition) is 2. The number of nitrogens with zero attached hydrogens (tertiary/aromatic N) is 3. The van der Waals surface area contributed by atoms with Gasteiger partial charge in [0.25, 0.3) is 0 Å². The van der Waals surface area contributed by atoms with Crippen LogP contribution in [-0.2, 0) is 5.75 Å². The second kappa shape index (κ2) is 4.95. The van der Waals surface area contributed by atoms with Gasteiger partial charge in [-0.3, -0.25) is 0 Å². The van der Waals surface area contributed by atoms with Gasteiger partial charge in [-0.2, -0.15) is 0 Å². The first-order chi connectivity index (χ1) is 8.86. The Morgan fingerprint density at radius 3 is 3.11 bits per heavy atom. The number of aromatic nitrogens is 4. The standard InChI is InChI=1S/C11H11N5S2/c1-12-10-9(15-16-18-10)6-17-11-13-7-4-2-3-5-8(7)14-11/h2-5,12H,6H2,1H3,(H,13,14). The summed E-state index contributed by atoms with van der Waals surface area (Å²) in [6.07, 6.45) is 0. The molecule has 5 nitrogen and oxygen atoms in total. The van der Waals surface area contributed by atoms with Crippen molar-refractivity contribution in [1.82, 2.24) is 19.6 Å². The van der Waals surface area contributed by atoms with Gasteiger partial charge in [-0.25, -0.2) is 4.98 Å². The van der Waals surface area contributed by atoms with Gasteiger partial charge in [0, 0.05) is 24.3 Å². The SMILES string of the molecule is CNc1snnc1CSc1nc2ccccc2[nH]1. The molecule has 0 bridgehead atoms. The molecule has 7 heteroatoms. The number of hydrogen-bond acceptors (Lipinski definition) is 6. The Morgan fingerprint density at radius 2 is 2.28 bits per heavy atom. The van der Waals surface area contributed by atoms with Crippen molar-refractivity contribution >= 4 is 39.3 Å². The molecule has 0 aliphatic heterocycles. The van der Waals surface area contributed by atoms with Crippen molar-refractivity contribution in [3.8, 4) is 0 Å². The van der Waals surface area contributed by atoms with Crippen molar-refractivity contribution in [3.05, 3.63) is 30.0 Å². The quantitative estimate of drug-likeness (QED) is 0.718. The first-order valence-corrected chi connectivity index (χ1v) is 7.19. The van der Waals surface area contributed by atoms with Crippen molar-refractivity contribution in [2.45, 2.75) is 10.9 Å². The predicted octanol–water partition coefficient (Wildman–Crippen LogP) is 2.75. The minimum atomic E-state index is 0.756. The number of fused-ring (bicyclic) bond motifs is 1. The van der Waals surface area contributed by atoms with E-state index in [0.717, 1.165) is 32.6 Å². The zero-order chi connectivity index (χ0) is 12.4. The molecule has 0 unspecified atom stereocenters. The van der Waals surface area contributed by atoms with Crippen LogP contribution in [0.15, 0.2) is 29.4 Å². The van der Waals surface area contributed by atoms with Crippen LogP contribution < -0.4 is 5.32 Å². The molecule has 3 rings (SSSR count). The molecule has 0 atom stereocenters. The summed E-state index contributed by atoms with van der Waals surface area (Å²) < 4.78 is 3.93. The zero-order valence-corrected chi connectivity index (χ0v) is 11.3. The van der Waals surface area contributed by atoms with E-state index >= 15 is 0 Å². The summed E-state index contributed by atoms with van der Waals surface area (Å²) in [4.78, 5) is 7.79. The smallest absolute Gasteiger partial charge is 0.166 e. The molecule has 18 heavy (non-hydrogen) atoms. The van der Waals surface area contributed by atoms with Crippen molar-refractivity contribution in [2.75, 3.05) is 12.4 Å².